The summed E-state index contributed by atoms with van der Waals surface area (Å²) in [6.45, 7) is 4.45. The summed E-state index contributed by atoms with van der Waals surface area (Å²) in [6, 6.07) is 5.50. The molecule has 0 aliphatic rings. The number of unbranched alkanes of at least 4 members (excludes halogenated alkanes) is 2. The van der Waals surface area contributed by atoms with Gasteiger partial charge in [0.15, 0.2) is 11.5 Å². The fourth-order valence-electron chi connectivity index (χ4n) is 2.16. The summed E-state index contributed by atoms with van der Waals surface area (Å²) < 4.78 is 11.1. The molecule has 5 nitrogen and oxygen atoms in total. The number of ether oxygens (including phenoxy) is 2. The average molecular weight is 334 g/mol. The Balaban J connectivity index is 2.21. The zero-order valence-electron chi connectivity index (χ0n) is 13.5. The number of aryl methyl sites for hydroxylation is 1. The maximum Gasteiger partial charge on any atom is 0.161 e. The van der Waals surface area contributed by atoms with Crippen molar-refractivity contribution in [2.45, 2.75) is 33.1 Å². The number of methoxy groups -OCH3 is 1. The van der Waals surface area contributed by atoms with E-state index in [-0.39, 0.29) is 4.88 Å². The number of carbonyl (C=O) groups is 1. The van der Waals surface area contributed by atoms with Crippen molar-refractivity contribution in [2.24, 2.45) is 0 Å². The van der Waals surface area contributed by atoms with Gasteiger partial charge in [0.2, 0.25) is 0 Å². The summed E-state index contributed by atoms with van der Waals surface area (Å²) in [6.07, 6.45) is 3.27. The zero-order chi connectivity index (χ0) is 16.8. The monoisotopic (exact) mass is 334 g/mol. The molecule has 2 rings (SSSR count). The van der Waals surface area contributed by atoms with Crippen LogP contribution in [0.4, 0.5) is 0 Å². The van der Waals surface area contributed by atoms with Crippen LogP contribution in [0.25, 0.3) is 10.6 Å². The predicted molar refractivity (Wildman–Crippen MR) is 88.2 cm³/mol. The SMILES string of the molecule is CCCCCOc1ccc(-c2nc(C)c(C(=O)[O-])s2)cc1OC. The number of benzene rings is 1. The molecule has 23 heavy (non-hydrogen) atoms. The Kier molecular flexibility index (Phi) is 5.98. The minimum atomic E-state index is -1.20. The van der Waals surface area contributed by atoms with Crippen LogP contribution in [0.1, 0.15) is 41.6 Å². The van der Waals surface area contributed by atoms with Gasteiger partial charge in [-0.2, -0.15) is 0 Å². The van der Waals surface area contributed by atoms with Crippen molar-refractivity contribution in [1.29, 1.82) is 0 Å². The predicted octanol–water partition coefficient (Wildman–Crippen LogP) is 3.06. The second-order valence-corrected chi connectivity index (χ2v) is 6.14. The maximum absolute atomic E-state index is 11.0. The fourth-order valence-corrected chi connectivity index (χ4v) is 3.06. The number of carbonyl (C=O) groups excluding carboxylic acids is 1. The molecule has 0 bridgehead atoms. The summed E-state index contributed by atoms with van der Waals surface area (Å²) in [7, 11) is 1.58. The molecule has 0 saturated carbocycles. The molecule has 0 atom stereocenters. The molecule has 0 radical (unpaired) electrons. The molecule has 1 heterocycles. The molecule has 1 aromatic heterocycles. The topological polar surface area (TPSA) is 71.5 Å². The molecule has 0 spiro atoms. The number of hydrogen-bond donors (Lipinski definition) is 0. The number of carboxylic acids is 1. The number of carboxylic acid groups (broad SMARTS) is 1. The van der Waals surface area contributed by atoms with Crippen LogP contribution in [-0.4, -0.2) is 24.7 Å². The average Bonchev–Trinajstić information content (AvgIpc) is 2.93. The molecule has 0 unspecified atom stereocenters. The number of hydrogen-bond acceptors (Lipinski definition) is 6. The van der Waals surface area contributed by atoms with E-state index in [9.17, 15) is 9.90 Å². The number of aromatic carboxylic acids is 1. The molecule has 0 aliphatic carbocycles. The van der Waals surface area contributed by atoms with Gasteiger partial charge in [-0.05, 0) is 31.5 Å². The molecular weight excluding hydrogens is 314 g/mol. The fraction of sp³-hybridized carbons (Fsp3) is 0.412. The third-order valence-corrected chi connectivity index (χ3v) is 4.58. The van der Waals surface area contributed by atoms with Crippen LogP contribution in [0.3, 0.4) is 0 Å². The second-order valence-electron chi connectivity index (χ2n) is 5.14. The lowest BCUT2D eigenvalue weighted by atomic mass is 10.2. The first-order chi connectivity index (χ1) is 11.1. The Morgan fingerprint density at radius 3 is 2.70 bits per heavy atom. The van der Waals surface area contributed by atoms with E-state index < -0.39 is 5.97 Å². The first-order valence-electron chi connectivity index (χ1n) is 7.56. The highest BCUT2D eigenvalue weighted by atomic mass is 32.1. The lowest BCUT2D eigenvalue weighted by Gasteiger charge is -2.11. The molecule has 0 fully saturated rings. The van der Waals surface area contributed by atoms with Gasteiger partial charge in [-0.3, -0.25) is 0 Å². The van der Waals surface area contributed by atoms with Crippen LogP contribution in [0.5, 0.6) is 11.5 Å². The van der Waals surface area contributed by atoms with Crippen LogP contribution in [0.2, 0.25) is 0 Å². The maximum atomic E-state index is 11.0. The highest BCUT2D eigenvalue weighted by Crippen LogP contribution is 2.35. The quantitative estimate of drug-likeness (QED) is 0.694. The van der Waals surface area contributed by atoms with Gasteiger partial charge in [-0.1, -0.05) is 19.8 Å². The van der Waals surface area contributed by atoms with E-state index in [0.717, 1.165) is 36.2 Å². The minimum absolute atomic E-state index is 0.152. The van der Waals surface area contributed by atoms with Crippen LogP contribution in [0.15, 0.2) is 18.2 Å². The lowest BCUT2D eigenvalue weighted by Crippen LogP contribution is -2.21. The van der Waals surface area contributed by atoms with E-state index in [1.807, 2.05) is 18.2 Å². The molecular formula is C17H20NO4S-. The number of rotatable bonds is 8. The molecule has 2 aromatic rings. The summed E-state index contributed by atoms with van der Waals surface area (Å²) >= 11 is 1.10. The second kappa shape index (κ2) is 7.97. The zero-order valence-corrected chi connectivity index (χ0v) is 14.4. The smallest absolute Gasteiger partial charge is 0.161 e. The van der Waals surface area contributed by atoms with Gasteiger partial charge in [-0.25, -0.2) is 4.98 Å². The summed E-state index contributed by atoms with van der Waals surface area (Å²) in [5.74, 6) is 0.0942. The first-order valence-corrected chi connectivity index (χ1v) is 8.38. The molecule has 6 heteroatoms. The number of thiazole rings is 1. The largest absolute Gasteiger partial charge is 0.544 e. The highest BCUT2D eigenvalue weighted by Gasteiger charge is 2.13. The van der Waals surface area contributed by atoms with Crippen LogP contribution in [-0.2, 0) is 0 Å². The van der Waals surface area contributed by atoms with Gasteiger partial charge in [-0.15, -0.1) is 11.3 Å². The van der Waals surface area contributed by atoms with Crippen LogP contribution >= 0.6 is 11.3 Å². The van der Waals surface area contributed by atoms with Crippen molar-refractivity contribution in [2.75, 3.05) is 13.7 Å². The van der Waals surface area contributed by atoms with Crippen LogP contribution in [0, 0.1) is 6.92 Å². The standard InChI is InChI=1S/C17H21NO4S/c1-4-5-6-9-22-13-8-7-12(10-14(13)21-3)16-18-11(2)15(23-16)17(19)20/h7-8,10H,4-6,9H2,1-3H3,(H,19,20)/p-1. The molecule has 0 N–H and O–H groups in total. The van der Waals surface area contributed by atoms with E-state index in [1.54, 1.807) is 14.0 Å². The van der Waals surface area contributed by atoms with Crippen molar-refractivity contribution in [3.05, 3.63) is 28.8 Å². The normalized spacial score (nSPS) is 10.6. The third kappa shape index (κ3) is 4.22. The summed E-state index contributed by atoms with van der Waals surface area (Å²) in [5, 5.41) is 11.7. The highest BCUT2D eigenvalue weighted by molar-refractivity contribution is 7.17. The van der Waals surface area contributed by atoms with Gasteiger partial charge < -0.3 is 19.4 Å². The van der Waals surface area contributed by atoms with Gasteiger partial charge in [0.05, 0.1) is 30.3 Å². The van der Waals surface area contributed by atoms with Crippen LogP contribution < -0.4 is 14.6 Å². The number of nitrogens with zero attached hydrogens (tertiary/aromatic N) is 1. The van der Waals surface area contributed by atoms with Crippen molar-refractivity contribution in [3.63, 3.8) is 0 Å². The molecule has 0 aliphatic heterocycles. The molecule has 0 saturated heterocycles. The Hall–Kier alpha value is -2.08. The summed E-state index contributed by atoms with van der Waals surface area (Å²) in [4.78, 5) is 15.5. The van der Waals surface area contributed by atoms with E-state index in [1.165, 1.54) is 0 Å². The van der Waals surface area contributed by atoms with Gasteiger partial charge >= 0.3 is 0 Å². The lowest BCUT2D eigenvalue weighted by molar-refractivity contribution is -0.254. The Labute approximate surface area is 139 Å². The molecule has 124 valence electrons. The number of aromatic nitrogens is 1. The van der Waals surface area contributed by atoms with E-state index in [0.29, 0.717) is 28.8 Å². The summed E-state index contributed by atoms with van der Waals surface area (Å²) in [5.41, 5.74) is 1.26. The van der Waals surface area contributed by atoms with Crippen molar-refractivity contribution >= 4 is 17.3 Å². The van der Waals surface area contributed by atoms with Gasteiger partial charge in [0.1, 0.15) is 5.01 Å². The Morgan fingerprint density at radius 2 is 2.09 bits per heavy atom. The van der Waals surface area contributed by atoms with Gasteiger partial charge in [0, 0.05) is 5.56 Å². The Morgan fingerprint density at radius 1 is 1.30 bits per heavy atom. The van der Waals surface area contributed by atoms with E-state index >= 15 is 0 Å². The van der Waals surface area contributed by atoms with E-state index in [4.69, 9.17) is 9.47 Å². The van der Waals surface area contributed by atoms with E-state index in [2.05, 4.69) is 11.9 Å². The Bertz CT molecular complexity index is 681. The van der Waals surface area contributed by atoms with Crippen molar-refractivity contribution in [3.8, 4) is 22.1 Å². The molecule has 1 aromatic carbocycles. The first kappa shape index (κ1) is 17.3. The minimum Gasteiger partial charge on any atom is -0.544 e. The van der Waals surface area contributed by atoms with Crippen molar-refractivity contribution in [1.82, 2.24) is 4.98 Å². The molecule has 0 amide bonds. The van der Waals surface area contributed by atoms with Gasteiger partial charge in [0.25, 0.3) is 0 Å². The van der Waals surface area contributed by atoms with Crippen molar-refractivity contribution < 1.29 is 19.4 Å². The third-order valence-electron chi connectivity index (χ3n) is 3.40.